The molecule has 0 aliphatic carbocycles. The van der Waals surface area contributed by atoms with Crippen molar-refractivity contribution >= 4 is 17.7 Å². The number of amides is 1. The van der Waals surface area contributed by atoms with Gasteiger partial charge in [0, 0.05) is 31.3 Å². The summed E-state index contributed by atoms with van der Waals surface area (Å²) in [5.74, 6) is 3.34. The second-order valence-corrected chi connectivity index (χ2v) is 6.87. The standard InChI is InChI=1S/C21H21FN4O5/c1-31-9-8-23-18-17(19(28)29)26-16(11-25-18)14-10-13(2-3-15(14)22)4-5-21(12-27)6-7-24-20(21)30/h2-3,10-11,27H,6-9,12H2,1H3,(H,23,25)(H,24,30)(H,28,29)/t21-/m0/s1. The maximum absolute atomic E-state index is 14.5. The van der Waals surface area contributed by atoms with Gasteiger partial charge in [-0.15, -0.1) is 0 Å². The molecule has 1 aromatic heterocycles. The van der Waals surface area contributed by atoms with Crippen molar-refractivity contribution in [3.8, 4) is 23.1 Å². The minimum atomic E-state index is -1.32. The molecule has 1 atom stereocenters. The molecule has 1 aliphatic rings. The van der Waals surface area contributed by atoms with Gasteiger partial charge in [0.15, 0.2) is 11.5 Å². The highest BCUT2D eigenvalue weighted by Gasteiger charge is 2.40. The van der Waals surface area contributed by atoms with Crippen molar-refractivity contribution in [1.82, 2.24) is 15.3 Å². The normalized spacial score (nSPS) is 17.6. The molecule has 1 saturated heterocycles. The lowest BCUT2D eigenvalue weighted by Crippen LogP contribution is -2.33. The lowest BCUT2D eigenvalue weighted by molar-refractivity contribution is -0.126. The van der Waals surface area contributed by atoms with Crippen molar-refractivity contribution in [2.24, 2.45) is 5.41 Å². The molecule has 1 aromatic carbocycles. The molecule has 0 spiro atoms. The number of aliphatic hydroxyl groups excluding tert-OH is 1. The second kappa shape index (κ2) is 9.51. The van der Waals surface area contributed by atoms with Crippen LogP contribution in [-0.2, 0) is 9.53 Å². The number of methoxy groups -OCH3 is 1. The van der Waals surface area contributed by atoms with E-state index < -0.39 is 23.8 Å². The summed E-state index contributed by atoms with van der Waals surface area (Å²) in [4.78, 5) is 31.7. The van der Waals surface area contributed by atoms with E-state index in [4.69, 9.17) is 4.74 Å². The van der Waals surface area contributed by atoms with Gasteiger partial charge in [-0.1, -0.05) is 11.8 Å². The molecule has 3 rings (SSSR count). The average molecular weight is 428 g/mol. The van der Waals surface area contributed by atoms with Crippen LogP contribution in [-0.4, -0.2) is 65.5 Å². The Balaban J connectivity index is 1.95. The number of hydrogen-bond acceptors (Lipinski definition) is 7. The lowest BCUT2D eigenvalue weighted by atomic mass is 9.88. The van der Waals surface area contributed by atoms with Crippen LogP contribution in [0.15, 0.2) is 24.4 Å². The Morgan fingerprint density at radius 3 is 2.90 bits per heavy atom. The number of nitrogens with zero attached hydrogens (tertiary/aromatic N) is 2. The summed E-state index contributed by atoms with van der Waals surface area (Å²) < 4.78 is 19.4. The molecule has 0 radical (unpaired) electrons. The van der Waals surface area contributed by atoms with E-state index in [0.717, 1.165) is 0 Å². The number of carbonyl (C=O) groups is 2. The number of carboxylic acids is 1. The first-order valence-corrected chi connectivity index (χ1v) is 9.45. The van der Waals surface area contributed by atoms with Gasteiger partial charge in [0.05, 0.1) is 25.1 Å². The summed E-state index contributed by atoms with van der Waals surface area (Å²) in [6.07, 6.45) is 1.63. The number of ether oxygens (including phenoxy) is 1. The highest BCUT2D eigenvalue weighted by Crippen LogP contribution is 2.27. The van der Waals surface area contributed by atoms with Crippen molar-refractivity contribution in [3.63, 3.8) is 0 Å². The molecule has 162 valence electrons. The highest BCUT2D eigenvalue weighted by molar-refractivity contribution is 5.91. The predicted molar refractivity (Wildman–Crippen MR) is 109 cm³/mol. The molecule has 0 bridgehead atoms. The van der Waals surface area contributed by atoms with Crippen molar-refractivity contribution in [2.75, 3.05) is 38.7 Å². The van der Waals surface area contributed by atoms with Gasteiger partial charge in [0.1, 0.15) is 11.2 Å². The van der Waals surface area contributed by atoms with Crippen LogP contribution < -0.4 is 10.6 Å². The highest BCUT2D eigenvalue weighted by atomic mass is 19.1. The topological polar surface area (TPSA) is 134 Å². The minimum Gasteiger partial charge on any atom is -0.476 e. The van der Waals surface area contributed by atoms with Crippen LogP contribution in [0.2, 0.25) is 0 Å². The number of aliphatic hydroxyl groups is 1. The van der Waals surface area contributed by atoms with Gasteiger partial charge in [0.25, 0.3) is 0 Å². The molecule has 9 nitrogen and oxygen atoms in total. The number of anilines is 1. The summed E-state index contributed by atoms with van der Waals surface area (Å²) in [6.45, 7) is 0.654. The van der Waals surface area contributed by atoms with E-state index in [2.05, 4.69) is 32.4 Å². The second-order valence-electron chi connectivity index (χ2n) is 6.87. The van der Waals surface area contributed by atoms with Crippen molar-refractivity contribution in [1.29, 1.82) is 0 Å². The molecule has 1 aliphatic heterocycles. The Kier molecular flexibility index (Phi) is 6.79. The van der Waals surface area contributed by atoms with Crippen molar-refractivity contribution in [2.45, 2.75) is 6.42 Å². The zero-order valence-electron chi connectivity index (χ0n) is 16.7. The minimum absolute atomic E-state index is 0.0131. The Bertz CT molecular complexity index is 1070. The molecular formula is C21H21FN4O5. The summed E-state index contributed by atoms with van der Waals surface area (Å²) in [6, 6.07) is 4.00. The molecular weight excluding hydrogens is 407 g/mol. The van der Waals surface area contributed by atoms with Crippen LogP contribution in [0.3, 0.4) is 0 Å². The van der Waals surface area contributed by atoms with E-state index in [1.54, 1.807) is 0 Å². The third-order valence-corrected chi connectivity index (χ3v) is 4.80. The third-order valence-electron chi connectivity index (χ3n) is 4.80. The number of carbonyl (C=O) groups excluding carboxylic acids is 1. The fourth-order valence-corrected chi connectivity index (χ4v) is 3.04. The fraction of sp³-hybridized carbons (Fsp3) is 0.333. The van der Waals surface area contributed by atoms with Gasteiger partial charge >= 0.3 is 5.97 Å². The van der Waals surface area contributed by atoms with Crippen LogP contribution in [0.1, 0.15) is 22.5 Å². The van der Waals surface area contributed by atoms with E-state index in [9.17, 15) is 24.2 Å². The van der Waals surface area contributed by atoms with Crippen LogP contribution in [0.25, 0.3) is 11.3 Å². The van der Waals surface area contributed by atoms with Gasteiger partial charge in [-0.25, -0.2) is 19.2 Å². The van der Waals surface area contributed by atoms with Gasteiger partial charge in [-0.2, -0.15) is 0 Å². The van der Waals surface area contributed by atoms with Crippen molar-refractivity contribution in [3.05, 3.63) is 41.5 Å². The van der Waals surface area contributed by atoms with Gasteiger partial charge in [-0.05, 0) is 24.6 Å². The summed E-state index contributed by atoms with van der Waals surface area (Å²) in [5, 5.41) is 24.5. The number of aromatic carboxylic acids is 1. The third kappa shape index (κ3) is 4.79. The van der Waals surface area contributed by atoms with E-state index in [-0.39, 0.29) is 28.7 Å². The number of hydrogen-bond donors (Lipinski definition) is 4. The van der Waals surface area contributed by atoms with E-state index in [1.807, 2.05) is 0 Å². The molecule has 1 amide bonds. The SMILES string of the molecule is COCCNc1ncc(-c2cc(C#C[C@@]3(CO)CCNC3=O)ccc2F)nc1C(=O)O. The zero-order chi connectivity index (χ0) is 22.4. The predicted octanol–water partition coefficient (Wildman–Crippen LogP) is 0.889. The number of benzene rings is 1. The maximum atomic E-state index is 14.5. The average Bonchev–Trinajstić information content (AvgIpc) is 3.14. The molecule has 0 unspecified atom stereocenters. The number of nitrogens with one attached hydrogen (secondary N) is 2. The first-order valence-electron chi connectivity index (χ1n) is 9.45. The largest absolute Gasteiger partial charge is 0.476 e. The number of carboxylic acid groups (broad SMARTS) is 1. The summed E-state index contributed by atoms with van der Waals surface area (Å²) >= 11 is 0. The van der Waals surface area contributed by atoms with Crippen LogP contribution in [0, 0.1) is 23.1 Å². The fourth-order valence-electron chi connectivity index (χ4n) is 3.04. The van der Waals surface area contributed by atoms with Gasteiger partial charge in [-0.3, -0.25) is 4.79 Å². The Hall–Kier alpha value is -3.55. The number of rotatable bonds is 7. The lowest BCUT2D eigenvalue weighted by Gasteiger charge is -2.15. The number of aromatic nitrogens is 2. The molecule has 2 aromatic rings. The van der Waals surface area contributed by atoms with Crippen molar-refractivity contribution < 1.29 is 28.9 Å². The molecule has 31 heavy (non-hydrogen) atoms. The Morgan fingerprint density at radius 2 is 2.26 bits per heavy atom. The maximum Gasteiger partial charge on any atom is 0.358 e. The molecule has 1 fully saturated rings. The smallest absolute Gasteiger partial charge is 0.358 e. The monoisotopic (exact) mass is 428 g/mol. The van der Waals surface area contributed by atoms with Crippen LogP contribution >= 0.6 is 0 Å². The number of halogens is 1. The zero-order valence-corrected chi connectivity index (χ0v) is 16.7. The molecule has 0 saturated carbocycles. The van der Waals surface area contributed by atoms with E-state index >= 15 is 0 Å². The van der Waals surface area contributed by atoms with Gasteiger partial charge < -0.3 is 25.6 Å². The van der Waals surface area contributed by atoms with Crippen LogP contribution in [0.5, 0.6) is 0 Å². The molecule has 10 heteroatoms. The Labute approximate surface area is 177 Å². The first kappa shape index (κ1) is 22.1. The summed E-state index contributed by atoms with van der Waals surface area (Å²) in [7, 11) is 1.51. The Morgan fingerprint density at radius 1 is 1.45 bits per heavy atom. The summed E-state index contributed by atoms with van der Waals surface area (Å²) in [5.41, 5.74) is -1.14. The van der Waals surface area contributed by atoms with E-state index in [1.165, 1.54) is 31.5 Å². The van der Waals surface area contributed by atoms with Crippen LogP contribution in [0.4, 0.5) is 10.2 Å². The molecule has 2 heterocycles. The van der Waals surface area contributed by atoms with E-state index in [0.29, 0.717) is 31.7 Å². The molecule has 4 N–H and O–H groups in total. The quantitative estimate of drug-likeness (QED) is 0.377. The van der Waals surface area contributed by atoms with Gasteiger partial charge in [0.2, 0.25) is 5.91 Å². The first-order chi connectivity index (χ1) is 14.9.